The third kappa shape index (κ3) is 13.5. The number of hydrogen-bond donors (Lipinski definition) is 5. The van der Waals surface area contributed by atoms with Crippen molar-refractivity contribution in [1.82, 2.24) is 15.5 Å². The van der Waals surface area contributed by atoms with E-state index in [1.54, 1.807) is 26.8 Å². The maximum atomic E-state index is 12.9. The Labute approximate surface area is 268 Å². The van der Waals surface area contributed by atoms with E-state index in [0.717, 1.165) is 0 Å². The van der Waals surface area contributed by atoms with Gasteiger partial charge in [0, 0.05) is 52.1 Å². The fourth-order valence-electron chi connectivity index (χ4n) is 4.43. The molecule has 5 N–H and O–H groups in total. The summed E-state index contributed by atoms with van der Waals surface area (Å²) in [5, 5.41) is 27.3. The number of ether oxygens (including phenoxy) is 3. The highest BCUT2D eigenvalue weighted by Crippen LogP contribution is 2.30. The van der Waals surface area contributed by atoms with Crippen molar-refractivity contribution in [2.75, 3.05) is 32.0 Å². The first-order chi connectivity index (χ1) is 21.7. The van der Waals surface area contributed by atoms with Crippen LogP contribution in [0, 0.1) is 5.92 Å². The van der Waals surface area contributed by atoms with Gasteiger partial charge in [-0.15, -0.1) is 0 Å². The molecule has 256 valence electrons. The number of nitrogens with zero attached hydrogens (tertiary/aromatic N) is 1. The number of rotatable bonds is 18. The summed E-state index contributed by atoms with van der Waals surface area (Å²) in [6.07, 6.45) is -2.59. The normalized spacial score (nSPS) is 18.4. The van der Waals surface area contributed by atoms with Crippen LogP contribution in [0.25, 0.3) is 0 Å². The molecule has 0 aromatic heterocycles. The van der Waals surface area contributed by atoms with Crippen LogP contribution in [0.4, 0.5) is 5.69 Å². The first-order valence-electron chi connectivity index (χ1n) is 15.2. The van der Waals surface area contributed by atoms with Crippen molar-refractivity contribution >= 4 is 41.1 Å². The summed E-state index contributed by atoms with van der Waals surface area (Å²) < 4.78 is 16.3. The van der Waals surface area contributed by atoms with E-state index < -0.39 is 54.8 Å². The van der Waals surface area contributed by atoms with Gasteiger partial charge in [-0.2, -0.15) is 0 Å². The number of carboxylic acids is 1. The number of aliphatic carboxylic acids is 1. The molecule has 3 amide bonds. The summed E-state index contributed by atoms with van der Waals surface area (Å²) in [6.45, 7) is 6.96. The number of aliphatic hydroxyl groups excluding tert-OH is 1. The third-order valence-electron chi connectivity index (χ3n) is 7.14. The van der Waals surface area contributed by atoms with E-state index in [9.17, 15) is 39.0 Å². The molecule has 1 aliphatic heterocycles. The number of ketones is 1. The first-order valence-corrected chi connectivity index (χ1v) is 15.2. The van der Waals surface area contributed by atoms with Gasteiger partial charge in [0.05, 0.1) is 18.3 Å². The van der Waals surface area contributed by atoms with Crippen LogP contribution in [0.2, 0.25) is 0 Å². The topological polar surface area (TPSA) is 210 Å². The van der Waals surface area contributed by atoms with Crippen LogP contribution in [0.15, 0.2) is 18.2 Å². The Hall–Kier alpha value is -4.08. The zero-order valence-corrected chi connectivity index (χ0v) is 27.0. The van der Waals surface area contributed by atoms with Crippen molar-refractivity contribution in [2.24, 2.45) is 5.92 Å². The minimum absolute atomic E-state index is 0.0292. The molecule has 2 rings (SSSR count). The lowest BCUT2D eigenvalue weighted by Gasteiger charge is -2.31. The highest BCUT2D eigenvalue weighted by Gasteiger charge is 2.34. The summed E-state index contributed by atoms with van der Waals surface area (Å²) in [5.41, 5.74) is 0.652. The van der Waals surface area contributed by atoms with E-state index in [0.29, 0.717) is 31.5 Å². The minimum atomic E-state index is -1.29. The quantitative estimate of drug-likeness (QED) is 0.141. The second kappa shape index (κ2) is 18.8. The molecule has 1 aromatic rings. The molecule has 15 nitrogen and oxygen atoms in total. The van der Waals surface area contributed by atoms with Gasteiger partial charge >= 0.3 is 11.9 Å². The summed E-state index contributed by atoms with van der Waals surface area (Å²) in [4.78, 5) is 74.5. The molecular formula is C31H46N4O11. The van der Waals surface area contributed by atoms with Crippen molar-refractivity contribution in [3.63, 3.8) is 0 Å². The molecule has 4 unspecified atom stereocenters. The number of benzene rings is 1. The van der Waals surface area contributed by atoms with Crippen LogP contribution in [-0.4, -0.2) is 102 Å². The SMILES string of the molecule is CCC(=O)CCN(C)CCC(=O)NC(C(=O)NCC(=O)Nc1ccc(COC(C)=O)cc1OC1CC(O)CC(C(=O)O)O1)C(C)C. The standard InChI is InChI=1S/C31H46N4O11/c1-6-21(37)9-11-35(5)12-10-26(39)34-29(18(2)3)30(41)32-16-27(40)33-23-8-7-20(17-44-19(4)36)13-24(23)45-28-15-22(38)14-25(46-28)31(42)43/h7-8,13,18,22,25,28-29,38H,6,9-12,14-17H2,1-5H3,(H,32,41)(H,33,40)(H,34,39)(H,42,43). The second-order valence-corrected chi connectivity index (χ2v) is 11.5. The Morgan fingerprint density at radius 2 is 1.76 bits per heavy atom. The average Bonchev–Trinajstić information content (AvgIpc) is 2.99. The molecule has 15 heteroatoms. The van der Waals surface area contributed by atoms with Crippen LogP contribution in [0.5, 0.6) is 5.75 Å². The number of hydrogen-bond acceptors (Lipinski definition) is 11. The van der Waals surface area contributed by atoms with Gasteiger partial charge in [-0.05, 0) is 30.7 Å². The van der Waals surface area contributed by atoms with Gasteiger partial charge in [-0.25, -0.2) is 4.79 Å². The Kier molecular flexibility index (Phi) is 15.6. The molecule has 0 spiro atoms. The van der Waals surface area contributed by atoms with E-state index >= 15 is 0 Å². The van der Waals surface area contributed by atoms with Crippen LogP contribution in [0.3, 0.4) is 0 Å². The van der Waals surface area contributed by atoms with Crippen molar-refractivity contribution in [1.29, 1.82) is 0 Å². The molecule has 0 aliphatic carbocycles. The van der Waals surface area contributed by atoms with Crippen LogP contribution in [-0.2, 0) is 44.8 Å². The zero-order valence-electron chi connectivity index (χ0n) is 27.0. The Bertz CT molecular complexity index is 1240. The number of carbonyl (C=O) groups is 6. The first kappa shape index (κ1) is 38.1. The number of amides is 3. The largest absolute Gasteiger partial charge is 0.479 e. The molecule has 1 aliphatic rings. The molecule has 46 heavy (non-hydrogen) atoms. The molecule has 4 atom stereocenters. The predicted molar refractivity (Wildman–Crippen MR) is 165 cm³/mol. The zero-order chi connectivity index (χ0) is 34.4. The number of carbonyl (C=O) groups excluding carboxylic acids is 5. The second-order valence-electron chi connectivity index (χ2n) is 11.5. The molecule has 0 bridgehead atoms. The van der Waals surface area contributed by atoms with Gasteiger partial charge in [0.15, 0.2) is 6.10 Å². The number of nitrogens with one attached hydrogen (secondary N) is 3. The van der Waals surface area contributed by atoms with E-state index in [-0.39, 0.29) is 54.9 Å². The van der Waals surface area contributed by atoms with E-state index in [1.165, 1.54) is 19.1 Å². The highest BCUT2D eigenvalue weighted by molar-refractivity contribution is 5.97. The van der Waals surface area contributed by atoms with Crippen LogP contribution >= 0.6 is 0 Å². The van der Waals surface area contributed by atoms with Gasteiger partial charge in [-0.1, -0.05) is 26.8 Å². The minimum Gasteiger partial charge on any atom is -0.479 e. The Balaban J connectivity index is 2.02. The maximum absolute atomic E-state index is 12.9. The Morgan fingerprint density at radius 3 is 2.39 bits per heavy atom. The molecule has 1 saturated heterocycles. The fraction of sp³-hybridized carbons (Fsp3) is 0.613. The number of anilines is 1. The molecule has 1 heterocycles. The van der Waals surface area contributed by atoms with Gasteiger partial charge < -0.3 is 45.3 Å². The summed E-state index contributed by atoms with van der Waals surface area (Å²) >= 11 is 0. The number of carboxylic acid groups (broad SMARTS) is 1. The highest BCUT2D eigenvalue weighted by atomic mass is 16.7. The van der Waals surface area contributed by atoms with Crippen molar-refractivity contribution in [3.8, 4) is 5.75 Å². The maximum Gasteiger partial charge on any atom is 0.333 e. The molecule has 0 radical (unpaired) electrons. The lowest BCUT2D eigenvalue weighted by atomic mass is 10.0. The van der Waals surface area contributed by atoms with Gasteiger partial charge in [-0.3, -0.25) is 24.0 Å². The summed E-state index contributed by atoms with van der Waals surface area (Å²) in [7, 11) is 1.81. The van der Waals surface area contributed by atoms with Crippen LogP contribution in [0.1, 0.15) is 65.4 Å². The predicted octanol–water partition coefficient (Wildman–Crippen LogP) is 0.966. The third-order valence-corrected chi connectivity index (χ3v) is 7.14. The van der Waals surface area contributed by atoms with Gasteiger partial charge in [0.1, 0.15) is 24.2 Å². The van der Waals surface area contributed by atoms with E-state index in [2.05, 4.69) is 16.0 Å². The number of Topliss-reactive ketones (excluding diaryl/α,β-unsaturated/α-hetero) is 1. The molecule has 0 saturated carbocycles. The summed E-state index contributed by atoms with van der Waals surface area (Å²) in [6, 6.07) is 3.63. The van der Waals surface area contributed by atoms with Crippen molar-refractivity contribution < 1.29 is 53.2 Å². The monoisotopic (exact) mass is 650 g/mol. The fourth-order valence-corrected chi connectivity index (χ4v) is 4.43. The smallest absolute Gasteiger partial charge is 0.333 e. The molecule has 1 aromatic carbocycles. The van der Waals surface area contributed by atoms with Crippen molar-refractivity contribution in [3.05, 3.63) is 23.8 Å². The van der Waals surface area contributed by atoms with Gasteiger partial charge in [0.2, 0.25) is 24.0 Å². The van der Waals surface area contributed by atoms with Gasteiger partial charge in [0.25, 0.3) is 0 Å². The number of aliphatic hydroxyl groups is 1. The van der Waals surface area contributed by atoms with E-state index in [4.69, 9.17) is 14.2 Å². The van der Waals surface area contributed by atoms with Crippen molar-refractivity contribution in [2.45, 2.75) is 90.9 Å². The van der Waals surface area contributed by atoms with Crippen LogP contribution < -0.4 is 20.7 Å². The molecule has 1 fully saturated rings. The molecular weight excluding hydrogens is 604 g/mol. The number of esters is 1. The lowest BCUT2D eigenvalue weighted by molar-refractivity contribution is -0.195. The lowest BCUT2D eigenvalue weighted by Crippen LogP contribution is -2.51. The Morgan fingerprint density at radius 1 is 1.07 bits per heavy atom. The summed E-state index contributed by atoms with van der Waals surface area (Å²) in [5.74, 6) is -3.38. The van der Waals surface area contributed by atoms with E-state index in [1.807, 2.05) is 11.9 Å². The average molecular weight is 651 g/mol.